The number of rotatable bonds is 7. The Morgan fingerprint density at radius 1 is 1.40 bits per heavy atom. The van der Waals surface area contributed by atoms with Crippen molar-refractivity contribution in [2.45, 2.75) is 19.4 Å². The van der Waals surface area contributed by atoms with E-state index >= 15 is 0 Å². The normalized spacial score (nSPS) is 11.8. The van der Waals surface area contributed by atoms with Crippen molar-refractivity contribution in [3.05, 3.63) is 22.4 Å². The van der Waals surface area contributed by atoms with Crippen molar-refractivity contribution < 1.29 is 13.0 Å². The maximum Gasteiger partial charge on any atom is 0.264 e. The Morgan fingerprint density at radius 2 is 2.20 bits per heavy atom. The van der Waals surface area contributed by atoms with Crippen LogP contribution in [0.25, 0.3) is 0 Å². The van der Waals surface area contributed by atoms with Crippen molar-refractivity contribution in [2.24, 2.45) is 0 Å². The molecule has 0 unspecified atom stereocenters. The molecule has 4 nitrogen and oxygen atoms in total. The maximum absolute atomic E-state index is 10.4. The fourth-order valence-corrected chi connectivity index (χ4v) is 2.40. The number of hydrogen-bond donors (Lipinski definition) is 2. The third-order valence-corrected chi connectivity index (χ3v) is 3.45. The summed E-state index contributed by atoms with van der Waals surface area (Å²) in [6, 6.07) is 2.05. The van der Waals surface area contributed by atoms with E-state index in [0.717, 1.165) is 19.5 Å². The lowest BCUT2D eigenvalue weighted by molar-refractivity contribution is 0.479. The summed E-state index contributed by atoms with van der Waals surface area (Å²) < 4.78 is 29.3. The topological polar surface area (TPSA) is 66.4 Å². The molecule has 0 saturated heterocycles. The summed E-state index contributed by atoms with van der Waals surface area (Å²) in [5, 5.41) is 7.30. The molecule has 0 radical (unpaired) electrons. The van der Waals surface area contributed by atoms with Crippen molar-refractivity contribution >= 4 is 21.5 Å². The van der Waals surface area contributed by atoms with Crippen molar-refractivity contribution in [2.75, 3.05) is 12.3 Å². The Bertz CT molecular complexity index is 359. The van der Waals surface area contributed by atoms with Gasteiger partial charge in [0.2, 0.25) is 0 Å². The second-order valence-corrected chi connectivity index (χ2v) is 5.65. The Kier molecular flexibility index (Phi) is 5.24. The summed E-state index contributed by atoms with van der Waals surface area (Å²) >= 11 is 1.66. The summed E-state index contributed by atoms with van der Waals surface area (Å²) in [5.74, 6) is -0.146. The van der Waals surface area contributed by atoms with Gasteiger partial charge < -0.3 is 5.32 Å². The highest BCUT2D eigenvalue weighted by molar-refractivity contribution is 7.85. The Balaban J connectivity index is 1.99. The molecule has 6 heteroatoms. The average molecular weight is 249 g/mol. The number of nitrogens with one attached hydrogen (secondary N) is 1. The van der Waals surface area contributed by atoms with E-state index in [0.29, 0.717) is 6.42 Å². The van der Waals surface area contributed by atoms with Gasteiger partial charge in [-0.1, -0.05) is 0 Å². The molecule has 0 aliphatic carbocycles. The van der Waals surface area contributed by atoms with Gasteiger partial charge in [-0.3, -0.25) is 4.55 Å². The molecule has 0 aliphatic heterocycles. The molecule has 0 fully saturated rings. The van der Waals surface area contributed by atoms with Gasteiger partial charge in [0.15, 0.2) is 0 Å². The molecule has 0 aliphatic rings. The van der Waals surface area contributed by atoms with E-state index in [2.05, 4.69) is 16.8 Å². The molecule has 0 aromatic carbocycles. The minimum Gasteiger partial charge on any atom is -0.313 e. The maximum atomic E-state index is 10.4. The molecule has 1 rings (SSSR count). The van der Waals surface area contributed by atoms with Crippen LogP contribution < -0.4 is 5.32 Å². The molecule has 0 bridgehead atoms. The van der Waals surface area contributed by atoms with E-state index in [1.807, 2.05) is 5.38 Å². The number of thiophene rings is 1. The first-order chi connectivity index (χ1) is 7.08. The molecule has 0 spiro atoms. The summed E-state index contributed by atoms with van der Waals surface area (Å²) in [7, 11) is -3.78. The summed E-state index contributed by atoms with van der Waals surface area (Å²) in [5.41, 5.74) is 1.25. The first-order valence-corrected chi connectivity index (χ1v) is 7.30. The van der Waals surface area contributed by atoms with Gasteiger partial charge in [0.05, 0.1) is 5.75 Å². The van der Waals surface area contributed by atoms with Crippen LogP contribution in [0.15, 0.2) is 16.8 Å². The van der Waals surface area contributed by atoms with Crippen LogP contribution in [0.3, 0.4) is 0 Å². The average Bonchev–Trinajstić information content (AvgIpc) is 2.61. The van der Waals surface area contributed by atoms with E-state index in [4.69, 9.17) is 4.55 Å². The number of unbranched alkanes of at least 4 members (excludes halogenated alkanes) is 1. The molecule has 1 aromatic heterocycles. The molecule has 0 amide bonds. The van der Waals surface area contributed by atoms with Crippen LogP contribution in [-0.4, -0.2) is 25.3 Å². The zero-order valence-corrected chi connectivity index (χ0v) is 9.98. The molecule has 2 N–H and O–H groups in total. The number of hydrogen-bond acceptors (Lipinski definition) is 4. The minimum absolute atomic E-state index is 0.146. The van der Waals surface area contributed by atoms with Gasteiger partial charge in [0.25, 0.3) is 10.1 Å². The van der Waals surface area contributed by atoms with Crippen molar-refractivity contribution in [3.63, 3.8) is 0 Å². The smallest absolute Gasteiger partial charge is 0.264 e. The predicted octanol–water partition coefficient (Wildman–Crippen LogP) is 1.51. The lowest BCUT2D eigenvalue weighted by Gasteiger charge is -2.02. The van der Waals surface area contributed by atoms with E-state index in [-0.39, 0.29) is 5.75 Å². The van der Waals surface area contributed by atoms with E-state index < -0.39 is 10.1 Å². The molecule has 0 atom stereocenters. The van der Waals surface area contributed by atoms with Crippen LogP contribution in [-0.2, 0) is 16.7 Å². The summed E-state index contributed by atoms with van der Waals surface area (Å²) in [4.78, 5) is 0. The van der Waals surface area contributed by atoms with E-state index in [9.17, 15) is 8.42 Å². The molecule has 15 heavy (non-hydrogen) atoms. The zero-order valence-electron chi connectivity index (χ0n) is 8.35. The van der Waals surface area contributed by atoms with Gasteiger partial charge in [-0.2, -0.15) is 19.8 Å². The van der Waals surface area contributed by atoms with Crippen LogP contribution in [0.1, 0.15) is 18.4 Å². The second kappa shape index (κ2) is 6.22. The van der Waals surface area contributed by atoms with Crippen LogP contribution in [0.4, 0.5) is 0 Å². The fourth-order valence-electron chi connectivity index (χ4n) is 1.16. The van der Waals surface area contributed by atoms with Gasteiger partial charge in [-0.15, -0.1) is 0 Å². The van der Waals surface area contributed by atoms with Crippen molar-refractivity contribution in [1.29, 1.82) is 0 Å². The summed E-state index contributed by atoms with van der Waals surface area (Å²) in [6.45, 7) is 1.58. The van der Waals surface area contributed by atoms with Gasteiger partial charge in [0.1, 0.15) is 0 Å². The Hall–Kier alpha value is -0.430. The van der Waals surface area contributed by atoms with Crippen LogP contribution in [0.2, 0.25) is 0 Å². The highest BCUT2D eigenvalue weighted by Gasteiger charge is 2.02. The van der Waals surface area contributed by atoms with Crippen LogP contribution in [0, 0.1) is 0 Å². The SMILES string of the molecule is O=S(=O)(O)CCCCNCc1ccsc1. The van der Waals surface area contributed by atoms with Gasteiger partial charge in [-0.25, -0.2) is 0 Å². The fraction of sp³-hybridized carbons (Fsp3) is 0.556. The largest absolute Gasteiger partial charge is 0.313 e. The highest BCUT2D eigenvalue weighted by atomic mass is 32.2. The lowest BCUT2D eigenvalue weighted by Crippen LogP contribution is -2.15. The molecular weight excluding hydrogens is 234 g/mol. The molecule has 1 heterocycles. The van der Waals surface area contributed by atoms with Crippen molar-refractivity contribution in [1.82, 2.24) is 5.32 Å². The van der Waals surface area contributed by atoms with Gasteiger partial charge in [0, 0.05) is 6.54 Å². The van der Waals surface area contributed by atoms with E-state index in [1.165, 1.54) is 5.56 Å². The third-order valence-electron chi connectivity index (χ3n) is 1.92. The summed E-state index contributed by atoms with van der Waals surface area (Å²) in [6.07, 6.45) is 1.25. The van der Waals surface area contributed by atoms with Gasteiger partial charge in [-0.05, 0) is 41.8 Å². The Labute approximate surface area is 94.1 Å². The molecule has 0 saturated carbocycles. The first-order valence-electron chi connectivity index (χ1n) is 4.75. The first kappa shape index (κ1) is 12.6. The highest BCUT2D eigenvalue weighted by Crippen LogP contribution is 2.04. The zero-order chi connectivity index (χ0) is 11.1. The predicted molar refractivity (Wildman–Crippen MR) is 61.7 cm³/mol. The molecular formula is C9H15NO3S2. The Morgan fingerprint density at radius 3 is 2.80 bits per heavy atom. The van der Waals surface area contributed by atoms with E-state index in [1.54, 1.807) is 11.3 Å². The minimum atomic E-state index is -3.78. The van der Waals surface area contributed by atoms with Crippen LogP contribution >= 0.6 is 11.3 Å². The van der Waals surface area contributed by atoms with Gasteiger partial charge >= 0.3 is 0 Å². The standard InChI is InChI=1S/C9H15NO3S2/c11-15(12,13)6-2-1-4-10-7-9-3-5-14-8-9/h3,5,8,10H,1-2,4,6-7H2,(H,11,12,13). The molecule has 1 aromatic rings. The second-order valence-electron chi connectivity index (χ2n) is 3.30. The monoisotopic (exact) mass is 249 g/mol. The van der Waals surface area contributed by atoms with Crippen molar-refractivity contribution in [3.8, 4) is 0 Å². The lowest BCUT2D eigenvalue weighted by atomic mass is 10.3. The third kappa shape index (κ3) is 6.62. The van der Waals surface area contributed by atoms with Crippen LogP contribution in [0.5, 0.6) is 0 Å². The quantitative estimate of drug-likeness (QED) is 0.568. The molecule has 86 valence electrons.